The topological polar surface area (TPSA) is 43.3 Å². The van der Waals surface area contributed by atoms with Crippen molar-refractivity contribution in [3.63, 3.8) is 0 Å². The van der Waals surface area contributed by atoms with Crippen LogP contribution in [0.25, 0.3) is 10.9 Å². The Kier molecular flexibility index (Phi) is 5.77. The number of amides is 1. The van der Waals surface area contributed by atoms with E-state index in [1.807, 2.05) is 91.2 Å². The van der Waals surface area contributed by atoms with Crippen LogP contribution in [0.1, 0.15) is 28.5 Å². The molecular weight excluding hydrogens is 396 g/mol. The Morgan fingerprint density at radius 3 is 2.47 bits per heavy atom. The molecule has 1 aromatic heterocycles. The van der Waals surface area contributed by atoms with Gasteiger partial charge < -0.3 is 14.6 Å². The van der Waals surface area contributed by atoms with Gasteiger partial charge in [0.2, 0.25) is 0 Å². The van der Waals surface area contributed by atoms with E-state index in [4.69, 9.17) is 16.3 Å². The second-order valence-corrected chi connectivity index (χ2v) is 7.57. The summed E-state index contributed by atoms with van der Waals surface area (Å²) in [6, 6.07) is 23.2. The second kappa shape index (κ2) is 8.64. The minimum atomic E-state index is -0.139. The summed E-state index contributed by atoms with van der Waals surface area (Å²) in [5, 5.41) is 4.67. The molecule has 0 saturated carbocycles. The van der Waals surface area contributed by atoms with Crippen LogP contribution in [0.15, 0.2) is 72.8 Å². The summed E-state index contributed by atoms with van der Waals surface area (Å²) < 4.78 is 7.84. The fourth-order valence-electron chi connectivity index (χ4n) is 3.68. The molecule has 4 nitrogen and oxygen atoms in total. The molecule has 30 heavy (non-hydrogen) atoms. The molecule has 0 fully saturated rings. The van der Waals surface area contributed by atoms with Crippen LogP contribution in [0, 0.1) is 6.92 Å². The summed E-state index contributed by atoms with van der Waals surface area (Å²) >= 11 is 6.16. The van der Waals surface area contributed by atoms with Gasteiger partial charge in [-0.1, -0.05) is 41.9 Å². The van der Waals surface area contributed by atoms with Crippen LogP contribution in [-0.2, 0) is 13.2 Å². The van der Waals surface area contributed by atoms with Crippen molar-refractivity contribution in [2.75, 3.05) is 5.32 Å². The van der Waals surface area contributed by atoms with E-state index < -0.39 is 0 Å². The quantitative estimate of drug-likeness (QED) is 0.390. The molecule has 0 saturated heterocycles. The molecule has 3 aromatic carbocycles. The molecule has 1 heterocycles. The Hall–Kier alpha value is -3.24. The first kappa shape index (κ1) is 20.0. The Labute approximate surface area is 181 Å². The fourth-order valence-corrected chi connectivity index (χ4v) is 3.85. The molecule has 0 radical (unpaired) electrons. The van der Waals surface area contributed by atoms with Gasteiger partial charge in [0.1, 0.15) is 18.1 Å². The van der Waals surface area contributed by atoms with E-state index in [0.29, 0.717) is 23.9 Å². The third-order valence-corrected chi connectivity index (χ3v) is 5.41. The predicted molar refractivity (Wildman–Crippen MR) is 123 cm³/mol. The molecule has 152 valence electrons. The van der Waals surface area contributed by atoms with Gasteiger partial charge in [0, 0.05) is 28.2 Å². The van der Waals surface area contributed by atoms with E-state index in [1.165, 1.54) is 0 Å². The van der Waals surface area contributed by atoms with Crippen LogP contribution in [0.5, 0.6) is 5.75 Å². The number of anilines is 1. The summed E-state index contributed by atoms with van der Waals surface area (Å²) in [7, 11) is 0. The zero-order valence-electron chi connectivity index (χ0n) is 17.0. The van der Waals surface area contributed by atoms with Crippen molar-refractivity contribution in [1.29, 1.82) is 0 Å². The number of hydrogen-bond donors (Lipinski definition) is 1. The molecule has 4 rings (SSSR count). The Bertz CT molecular complexity index is 1180. The number of nitrogens with zero attached hydrogens (tertiary/aromatic N) is 1. The summed E-state index contributed by atoms with van der Waals surface area (Å²) in [5.41, 5.74) is 4.42. The second-order valence-electron chi connectivity index (χ2n) is 7.13. The van der Waals surface area contributed by atoms with Crippen LogP contribution in [0.4, 0.5) is 5.69 Å². The first-order chi connectivity index (χ1) is 14.6. The van der Waals surface area contributed by atoms with Crippen molar-refractivity contribution >= 4 is 34.1 Å². The van der Waals surface area contributed by atoms with Gasteiger partial charge in [-0.15, -0.1) is 0 Å². The minimum absolute atomic E-state index is 0.139. The van der Waals surface area contributed by atoms with Crippen molar-refractivity contribution in [2.24, 2.45) is 0 Å². The molecule has 0 aliphatic rings. The zero-order chi connectivity index (χ0) is 21.1. The van der Waals surface area contributed by atoms with E-state index in [0.717, 1.165) is 33.5 Å². The lowest BCUT2D eigenvalue weighted by atomic mass is 10.1. The van der Waals surface area contributed by atoms with E-state index in [1.54, 1.807) is 0 Å². The lowest BCUT2D eigenvalue weighted by Gasteiger charge is -2.11. The first-order valence-electron chi connectivity index (χ1n) is 9.93. The zero-order valence-corrected chi connectivity index (χ0v) is 17.7. The van der Waals surface area contributed by atoms with Crippen LogP contribution in [0.3, 0.4) is 0 Å². The molecule has 0 spiro atoms. The Morgan fingerprint density at radius 1 is 1.03 bits per heavy atom. The van der Waals surface area contributed by atoms with Gasteiger partial charge in [0.05, 0.1) is 0 Å². The number of rotatable bonds is 6. The molecule has 5 heteroatoms. The van der Waals surface area contributed by atoms with Gasteiger partial charge in [0.25, 0.3) is 5.91 Å². The lowest BCUT2D eigenvalue weighted by molar-refractivity contribution is 0.101. The van der Waals surface area contributed by atoms with E-state index in [2.05, 4.69) is 5.32 Å². The number of nitrogens with one attached hydrogen (secondary N) is 1. The molecule has 0 bridgehead atoms. The van der Waals surface area contributed by atoms with Crippen molar-refractivity contribution in [3.8, 4) is 5.75 Å². The average Bonchev–Trinajstić information content (AvgIpc) is 3.05. The predicted octanol–water partition coefficient (Wildman–Crippen LogP) is 6.45. The van der Waals surface area contributed by atoms with Crippen molar-refractivity contribution in [3.05, 3.63) is 94.6 Å². The Morgan fingerprint density at radius 2 is 1.77 bits per heavy atom. The lowest BCUT2D eigenvalue weighted by Crippen LogP contribution is -2.17. The van der Waals surface area contributed by atoms with Crippen LogP contribution in [0.2, 0.25) is 5.02 Å². The van der Waals surface area contributed by atoms with E-state index in [-0.39, 0.29) is 5.91 Å². The third kappa shape index (κ3) is 4.05. The highest BCUT2D eigenvalue weighted by atomic mass is 35.5. The van der Waals surface area contributed by atoms with Crippen LogP contribution < -0.4 is 10.1 Å². The molecule has 4 aromatic rings. The van der Waals surface area contributed by atoms with Gasteiger partial charge >= 0.3 is 0 Å². The van der Waals surface area contributed by atoms with Gasteiger partial charge in [-0.2, -0.15) is 0 Å². The maximum absolute atomic E-state index is 13.1. The number of carbonyl (C=O) groups excluding carboxylic acids is 1. The maximum Gasteiger partial charge on any atom is 0.272 e. The van der Waals surface area contributed by atoms with Gasteiger partial charge in [-0.3, -0.25) is 4.79 Å². The SMILES string of the molecule is CCn1c(C(=O)Nc2ccc(OCc3ccccc3)cc2)c(C)c2cc(Cl)ccc21. The summed E-state index contributed by atoms with van der Waals surface area (Å²) in [5.74, 6) is 0.616. The van der Waals surface area contributed by atoms with Crippen LogP contribution >= 0.6 is 11.6 Å². The van der Waals surface area contributed by atoms with E-state index in [9.17, 15) is 4.79 Å². The van der Waals surface area contributed by atoms with Gasteiger partial charge in [-0.25, -0.2) is 0 Å². The largest absolute Gasteiger partial charge is 0.489 e. The number of hydrogen-bond acceptors (Lipinski definition) is 2. The van der Waals surface area contributed by atoms with Gasteiger partial charge in [-0.05, 0) is 67.4 Å². The number of ether oxygens (including phenoxy) is 1. The molecule has 0 unspecified atom stereocenters. The molecule has 0 aliphatic heterocycles. The average molecular weight is 419 g/mol. The summed E-state index contributed by atoms with van der Waals surface area (Å²) in [6.45, 7) is 5.19. The summed E-state index contributed by atoms with van der Waals surface area (Å²) in [4.78, 5) is 13.1. The number of fused-ring (bicyclic) bond motifs is 1. The molecule has 0 atom stereocenters. The van der Waals surface area contributed by atoms with Crippen LogP contribution in [-0.4, -0.2) is 10.5 Å². The van der Waals surface area contributed by atoms with Crippen molar-refractivity contribution in [2.45, 2.75) is 27.0 Å². The molecule has 1 amide bonds. The highest BCUT2D eigenvalue weighted by molar-refractivity contribution is 6.31. The first-order valence-corrected chi connectivity index (χ1v) is 10.3. The number of benzene rings is 3. The Balaban J connectivity index is 1.51. The van der Waals surface area contributed by atoms with E-state index >= 15 is 0 Å². The number of halogens is 1. The number of aromatic nitrogens is 1. The van der Waals surface area contributed by atoms with Crippen molar-refractivity contribution in [1.82, 2.24) is 4.57 Å². The molecule has 0 aliphatic carbocycles. The highest BCUT2D eigenvalue weighted by Gasteiger charge is 2.20. The third-order valence-electron chi connectivity index (χ3n) is 5.17. The number of aryl methyl sites for hydroxylation is 2. The molecular formula is C25H23ClN2O2. The van der Waals surface area contributed by atoms with Crippen molar-refractivity contribution < 1.29 is 9.53 Å². The maximum atomic E-state index is 13.1. The summed E-state index contributed by atoms with van der Waals surface area (Å²) in [6.07, 6.45) is 0. The fraction of sp³-hybridized carbons (Fsp3) is 0.160. The standard InChI is InChI=1S/C25H23ClN2O2/c1-3-28-23-14-9-19(26)15-22(23)17(2)24(28)25(29)27-20-10-12-21(13-11-20)30-16-18-7-5-4-6-8-18/h4-15H,3,16H2,1-2H3,(H,27,29). The smallest absolute Gasteiger partial charge is 0.272 e. The van der Waals surface area contributed by atoms with Gasteiger partial charge in [0.15, 0.2) is 0 Å². The number of carbonyl (C=O) groups is 1. The molecule has 1 N–H and O–H groups in total. The normalized spacial score (nSPS) is 10.9. The monoisotopic (exact) mass is 418 g/mol. The minimum Gasteiger partial charge on any atom is -0.489 e. The highest BCUT2D eigenvalue weighted by Crippen LogP contribution is 2.29.